The van der Waals surface area contributed by atoms with Crippen LogP contribution in [0.5, 0.6) is 0 Å². The highest BCUT2D eigenvalue weighted by Gasteiger charge is 2.24. The molecule has 1 aliphatic rings. The fourth-order valence-electron chi connectivity index (χ4n) is 3.31. The molecular weight excluding hydrogens is 273 g/mol. The van der Waals surface area contributed by atoms with Gasteiger partial charge in [0, 0.05) is 5.02 Å². The van der Waals surface area contributed by atoms with Crippen LogP contribution < -0.4 is 5.32 Å². The lowest BCUT2D eigenvalue weighted by Gasteiger charge is -2.25. The minimum Gasteiger partial charge on any atom is -0.317 e. The predicted molar refractivity (Wildman–Crippen MR) is 83.7 cm³/mol. The topological polar surface area (TPSA) is 12.0 Å². The molecular formula is C17H25ClFN. The minimum absolute atomic E-state index is 0.110. The first-order valence-corrected chi connectivity index (χ1v) is 8.23. The zero-order valence-corrected chi connectivity index (χ0v) is 13.1. The molecule has 2 rings (SSSR count). The number of hydrogen-bond acceptors (Lipinski definition) is 1. The Balaban J connectivity index is 2.08. The smallest absolute Gasteiger partial charge is 0.126 e. The molecule has 20 heavy (non-hydrogen) atoms. The Morgan fingerprint density at radius 3 is 2.70 bits per heavy atom. The van der Waals surface area contributed by atoms with Crippen LogP contribution in [0, 0.1) is 17.7 Å². The summed E-state index contributed by atoms with van der Waals surface area (Å²) >= 11 is 6.01. The van der Waals surface area contributed by atoms with E-state index in [2.05, 4.69) is 12.2 Å². The Hall–Kier alpha value is -0.600. The van der Waals surface area contributed by atoms with Crippen LogP contribution >= 0.6 is 11.6 Å². The normalized spacial score (nSPS) is 23.6. The maximum absolute atomic E-state index is 13.9. The van der Waals surface area contributed by atoms with Crippen molar-refractivity contribution in [3.63, 3.8) is 0 Å². The van der Waals surface area contributed by atoms with E-state index in [4.69, 9.17) is 11.6 Å². The van der Waals surface area contributed by atoms with Gasteiger partial charge in [0.2, 0.25) is 0 Å². The fraction of sp³-hybridized carbons (Fsp3) is 0.647. The first kappa shape index (κ1) is 15.8. The van der Waals surface area contributed by atoms with Crippen LogP contribution in [0.4, 0.5) is 4.39 Å². The average molecular weight is 298 g/mol. The molecule has 1 saturated carbocycles. The summed E-state index contributed by atoms with van der Waals surface area (Å²) in [6, 6.07) is 4.92. The summed E-state index contributed by atoms with van der Waals surface area (Å²) in [5.74, 6) is 1.13. The van der Waals surface area contributed by atoms with Gasteiger partial charge in [-0.1, -0.05) is 37.8 Å². The molecule has 1 nitrogen and oxygen atoms in total. The van der Waals surface area contributed by atoms with Gasteiger partial charge in [0.25, 0.3) is 0 Å². The summed E-state index contributed by atoms with van der Waals surface area (Å²) in [4.78, 5) is 0. The van der Waals surface area contributed by atoms with Crippen LogP contribution in [0.25, 0.3) is 0 Å². The second kappa shape index (κ2) is 7.99. The van der Waals surface area contributed by atoms with Gasteiger partial charge < -0.3 is 5.32 Å². The summed E-state index contributed by atoms with van der Waals surface area (Å²) in [5.41, 5.74) is 0.783. The Morgan fingerprint density at radius 2 is 1.95 bits per heavy atom. The van der Waals surface area contributed by atoms with Crippen LogP contribution in [0.1, 0.15) is 44.6 Å². The van der Waals surface area contributed by atoms with Gasteiger partial charge in [-0.05, 0) is 68.0 Å². The highest BCUT2D eigenvalue weighted by Crippen LogP contribution is 2.32. The van der Waals surface area contributed by atoms with Gasteiger partial charge in [-0.2, -0.15) is 0 Å². The molecule has 0 bridgehead atoms. The van der Waals surface area contributed by atoms with Crippen LogP contribution in [0.15, 0.2) is 18.2 Å². The van der Waals surface area contributed by atoms with Crippen molar-refractivity contribution in [1.82, 2.24) is 5.32 Å². The molecule has 1 N–H and O–H groups in total. The van der Waals surface area contributed by atoms with Gasteiger partial charge >= 0.3 is 0 Å². The quantitative estimate of drug-likeness (QED) is 0.768. The van der Waals surface area contributed by atoms with Crippen molar-refractivity contribution in [2.45, 2.75) is 45.4 Å². The molecule has 0 aromatic heterocycles. The van der Waals surface area contributed by atoms with Crippen molar-refractivity contribution in [3.8, 4) is 0 Å². The maximum Gasteiger partial charge on any atom is 0.126 e. The standard InChI is InChI=1S/C17H25ClFN/c1-2-20-12-14-7-5-3-4-6-13(14)10-15-11-16(18)8-9-17(15)19/h8-9,11,13-14,20H,2-7,10,12H2,1H3. The summed E-state index contributed by atoms with van der Waals surface area (Å²) in [7, 11) is 0. The number of hydrogen-bond donors (Lipinski definition) is 1. The van der Waals surface area contributed by atoms with E-state index in [1.807, 2.05) is 0 Å². The molecule has 0 radical (unpaired) electrons. The first-order valence-electron chi connectivity index (χ1n) is 7.85. The van der Waals surface area contributed by atoms with E-state index in [0.29, 0.717) is 16.9 Å². The van der Waals surface area contributed by atoms with Crippen molar-refractivity contribution >= 4 is 11.6 Å². The lowest BCUT2D eigenvalue weighted by molar-refractivity contribution is 0.297. The number of nitrogens with one attached hydrogen (secondary N) is 1. The van der Waals surface area contributed by atoms with E-state index < -0.39 is 0 Å². The maximum atomic E-state index is 13.9. The third kappa shape index (κ3) is 4.46. The van der Waals surface area contributed by atoms with Gasteiger partial charge in [0.1, 0.15) is 5.82 Å². The zero-order chi connectivity index (χ0) is 14.4. The summed E-state index contributed by atoms with van der Waals surface area (Å²) in [6.45, 7) is 4.21. The number of halogens is 2. The summed E-state index contributed by atoms with van der Waals surface area (Å²) < 4.78 is 13.9. The number of rotatable bonds is 5. The highest BCUT2D eigenvalue weighted by molar-refractivity contribution is 6.30. The lowest BCUT2D eigenvalue weighted by atomic mass is 9.83. The van der Waals surface area contributed by atoms with Crippen LogP contribution in [-0.2, 0) is 6.42 Å². The Bertz CT molecular complexity index is 421. The van der Waals surface area contributed by atoms with Crippen molar-refractivity contribution in [1.29, 1.82) is 0 Å². The first-order chi connectivity index (χ1) is 9.70. The molecule has 0 heterocycles. The number of benzene rings is 1. The van der Waals surface area contributed by atoms with Gasteiger partial charge in [-0.15, -0.1) is 0 Å². The molecule has 0 amide bonds. The van der Waals surface area contributed by atoms with Crippen LogP contribution in [0.2, 0.25) is 5.02 Å². The van der Waals surface area contributed by atoms with E-state index in [-0.39, 0.29) is 5.82 Å². The second-order valence-electron chi connectivity index (χ2n) is 5.91. The van der Waals surface area contributed by atoms with Gasteiger partial charge in [-0.25, -0.2) is 4.39 Å². The second-order valence-corrected chi connectivity index (χ2v) is 6.34. The molecule has 1 aromatic rings. The molecule has 2 unspecified atom stereocenters. The molecule has 0 saturated heterocycles. The lowest BCUT2D eigenvalue weighted by Crippen LogP contribution is -2.29. The van der Waals surface area contributed by atoms with Crippen molar-refractivity contribution in [2.75, 3.05) is 13.1 Å². The molecule has 1 aromatic carbocycles. The molecule has 0 aliphatic heterocycles. The van der Waals surface area contributed by atoms with E-state index in [0.717, 1.165) is 25.1 Å². The van der Waals surface area contributed by atoms with Crippen molar-refractivity contribution in [3.05, 3.63) is 34.6 Å². The third-order valence-electron chi connectivity index (χ3n) is 4.46. The summed E-state index contributed by atoms with van der Waals surface area (Å²) in [6.07, 6.45) is 7.20. The van der Waals surface area contributed by atoms with Gasteiger partial charge in [-0.3, -0.25) is 0 Å². The van der Waals surface area contributed by atoms with E-state index >= 15 is 0 Å². The Labute approximate surface area is 126 Å². The van der Waals surface area contributed by atoms with E-state index in [1.165, 1.54) is 38.2 Å². The van der Waals surface area contributed by atoms with Crippen molar-refractivity contribution in [2.24, 2.45) is 11.8 Å². The third-order valence-corrected chi connectivity index (χ3v) is 4.70. The zero-order valence-electron chi connectivity index (χ0n) is 12.3. The van der Waals surface area contributed by atoms with Crippen molar-refractivity contribution < 1.29 is 4.39 Å². The predicted octanol–water partition coefficient (Wildman–Crippen LogP) is 4.83. The SMILES string of the molecule is CCNCC1CCCCCC1Cc1cc(Cl)ccc1F. The van der Waals surface area contributed by atoms with E-state index in [1.54, 1.807) is 12.1 Å². The Kier molecular flexibility index (Phi) is 6.31. The molecule has 1 fully saturated rings. The molecule has 3 heteroatoms. The van der Waals surface area contributed by atoms with Crippen LogP contribution in [0.3, 0.4) is 0 Å². The van der Waals surface area contributed by atoms with E-state index in [9.17, 15) is 4.39 Å². The Morgan fingerprint density at radius 1 is 1.20 bits per heavy atom. The molecule has 1 aliphatic carbocycles. The molecule has 2 atom stereocenters. The summed E-state index contributed by atoms with van der Waals surface area (Å²) in [5, 5.41) is 4.10. The van der Waals surface area contributed by atoms with Gasteiger partial charge in [0.15, 0.2) is 0 Å². The molecule has 112 valence electrons. The fourth-order valence-corrected chi connectivity index (χ4v) is 3.51. The van der Waals surface area contributed by atoms with Crippen LogP contribution in [-0.4, -0.2) is 13.1 Å². The minimum atomic E-state index is -0.110. The van der Waals surface area contributed by atoms with Gasteiger partial charge in [0.05, 0.1) is 0 Å². The monoisotopic (exact) mass is 297 g/mol. The highest BCUT2D eigenvalue weighted by atomic mass is 35.5. The average Bonchev–Trinajstić information content (AvgIpc) is 2.66. The largest absolute Gasteiger partial charge is 0.317 e. The molecule has 0 spiro atoms.